The van der Waals surface area contributed by atoms with Crippen molar-refractivity contribution < 1.29 is 0 Å². The standard InChI is InChI=1S/C17H27N3/c1-14-4-2-5-15(10-14)13-20-9-8-19-12-17(20)16-6-3-7-18-11-16/h3,6-7,11,14-15,17,19H,2,4-5,8-10,12-13H2,1H3. The van der Waals surface area contributed by atoms with E-state index < -0.39 is 0 Å². The van der Waals surface area contributed by atoms with Crippen LogP contribution in [0.3, 0.4) is 0 Å². The fourth-order valence-corrected chi connectivity index (χ4v) is 3.92. The average molecular weight is 273 g/mol. The van der Waals surface area contributed by atoms with Crippen LogP contribution >= 0.6 is 0 Å². The lowest BCUT2D eigenvalue weighted by Gasteiger charge is -2.40. The zero-order valence-electron chi connectivity index (χ0n) is 12.6. The Morgan fingerprint density at radius 2 is 2.35 bits per heavy atom. The third-order valence-corrected chi connectivity index (χ3v) is 4.96. The second-order valence-corrected chi connectivity index (χ2v) is 6.64. The van der Waals surface area contributed by atoms with Crippen LogP contribution < -0.4 is 5.32 Å². The molecule has 2 fully saturated rings. The van der Waals surface area contributed by atoms with Gasteiger partial charge in [0.2, 0.25) is 0 Å². The van der Waals surface area contributed by atoms with E-state index in [2.05, 4.69) is 34.3 Å². The molecule has 0 radical (unpaired) electrons. The molecular weight excluding hydrogens is 246 g/mol. The van der Waals surface area contributed by atoms with Gasteiger partial charge < -0.3 is 5.32 Å². The highest BCUT2D eigenvalue weighted by Crippen LogP contribution is 2.31. The SMILES string of the molecule is CC1CCCC(CN2CCNCC2c2cccnc2)C1. The highest BCUT2D eigenvalue weighted by molar-refractivity contribution is 5.15. The summed E-state index contributed by atoms with van der Waals surface area (Å²) in [6.45, 7) is 7.05. The minimum absolute atomic E-state index is 0.509. The summed E-state index contributed by atoms with van der Waals surface area (Å²) in [5.41, 5.74) is 1.36. The fourth-order valence-electron chi connectivity index (χ4n) is 3.92. The minimum Gasteiger partial charge on any atom is -0.314 e. The molecule has 1 aliphatic carbocycles. The van der Waals surface area contributed by atoms with Crippen LogP contribution in [-0.2, 0) is 0 Å². The Morgan fingerprint density at radius 1 is 1.40 bits per heavy atom. The van der Waals surface area contributed by atoms with Crippen molar-refractivity contribution in [2.75, 3.05) is 26.2 Å². The summed E-state index contributed by atoms with van der Waals surface area (Å²) in [6, 6.07) is 4.79. The van der Waals surface area contributed by atoms with E-state index in [4.69, 9.17) is 0 Å². The molecule has 0 amide bonds. The molecule has 1 saturated carbocycles. The lowest BCUT2D eigenvalue weighted by Crippen LogP contribution is -2.48. The predicted octanol–water partition coefficient (Wildman–Crippen LogP) is 2.85. The fraction of sp³-hybridized carbons (Fsp3) is 0.706. The van der Waals surface area contributed by atoms with Crippen LogP contribution in [0.15, 0.2) is 24.5 Å². The Bertz CT molecular complexity index is 406. The first-order valence-corrected chi connectivity index (χ1v) is 8.17. The van der Waals surface area contributed by atoms with E-state index in [-0.39, 0.29) is 0 Å². The topological polar surface area (TPSA) is 28.2 Å². The maximum atomic E-state index is 4.30. The largest absolute Gasteiger partial charge is 0.314 e. The van der Waals surface area contributed by atoms with Gasteiger partial charge >= 0.3 is 0 Å². The van der Waals surface area contributed by atoms with E-state index >= 15 is 0 Å². The summed E-state index contributed by atoms with van der Waals surface area (Å²) in [4.78, 5) is 6.99. The van der Waals surface area contributed by atoms with Gasteiger partial charge in [-0.15, -0.1) is 0 Å². The van der Waals surface area contributed by atoms with Crippen LogP contribution in [0.2, 0.25) is 0 Å². The zero-order chi connectivity index (χ0) is 13.8. The van der Waals surface area contributed by atoms with E-state index in [1.165, 1.54) is 44.3 Å². The molecule has 20 heavy (non-hydrogen) atoms. The van der Waals surface area contributed by atoms with Gasteiger partial charge in [-0.3, -0.25) is 9.88 Å². The van der Waals surface area contributed by atoms with Crippen LogP contribution in [-0.4, -0.2) is 36.1 Å². The molecule has 1 aromatic heterocycles. The van der Waals surface area contributed by atoms with Gasteiger partial charge in [0.1, 0.15) is 0 Å². The highest BCUT2D eigenvalue weighted by Gasteiger charge is 2.28. The van der Waals surface area contributed by atoms with Crippen molar-refractivity contribution in [1.82, 2.24) is 15.2 Å². The van der Waals surface area contributed by atoms with Crippen LogP contribution in [0.25, 0.3) is 0 Å². The van der Waals surface area contributed by atoms with Crippen molar-refractivity contribution in [2.24, 2.45) is 11.8 Å². The summed E-state index contributed by atoms with van der Waals surface area (Å²) < 4.78 is 0. The van der Waals surface area contributed by atoms with Crippen LogP contribution in [0.4, 0.5) is 0 Å². The predicted molar refractivity (Wildman–Crippen MR) is 82.5 cm³/mol. The molecule has 2 heterocycles. The second kappa shape index (κ2) is 6.68. The Kier molecular flexibility index (Phi) is 4.69. The van der Waals surface area contributed by atoms with Crippen molar-refractivity contribution in [2.45, 2.75) is 38.6 Å². The van der Waals surface area contributed by atoms with Crippen molar-refractivity contribution in [3.05, 3.63) is 30.1 Å². The van der Waals surface area contributed by atoms with Crippen molar-refractivity contribution in [3.63, 3.8) is 0 Å². The lowest BCUT2D eigenvalue weighted by molar-refractivity contribution is 0.114. The minimum atomic E-state index is 0.509. The van der Waals surface area contributed by atoms with E-state index in [1.54, 1.807) is 0 Å². The summed E-state index contributed by atoms with van der Waals surface area (Å²) in [7, 11) is 0. The van der Waals surface area contributed by atoms with Gasteiger partial charge in [0.05, 0.1) is 0 Å². The molecule has 0 aromatic carbocycles. The average Bonchev–Trinajstić information content (AvgIpc) is 2.49. The first-order chi connectivity index (χ1) is 9.83. The highest BCUT2D eigenvalue weighted by atomic mass is 15.2. The number of piperazine rings is 1. The number of aromatic nitrogens is 1. The lowest BCUT2D eigenvalue weighted by atomic mass is 9.82. The number of hydrogen-bond acceptors (Lipinski definition) is 3. The molecule has 2 aliphatic rings. The van der Waals surface area contributed by atoms with E-state index in [9.17, 15) is 0 Å². The third-order valence-electron chi connectivity index (χ3n) is 4.96. The van der Waals surface area contributed by atoms with Gasteiger partial charge in [0, 0.05) is 44.6 Å². The summed E-state index contributed by atoms with van der Waals surface area (Å²) in [5.74, 6) is 1.82. The number of nitrogens with one attached hydrogen (secondary N) is 1. The number of hydrogen-bond donors (Lipinski definition) is 1. The monoisotopic (exact) mass is 273 g/mol. The Morgan fingerprint density at radius 3 is 3.15 bits per heavy atom. The van der Waals surface area contributed by atoms with Gasteiger partial charge in [0.15, 0.2) is 0 Å². The van der Waals surface area contributed by atoms with E-state index in [0.717, 1.165) is 24.9 Å². The smallest absolute Gasteiger partial charge is 0.0488 e. The Balaban J connectivity index is 1.66. The summed E-state index contributed by atoms with van der Waals surface area (Å²) >= 11 is 0. The molecule has 1 saturated heterocycles. The van der Waals surface area contributed by atoms with Crippen LogP contribution in [0, 0.1) is 11.8 Å². The Labute approximate surface area is 122 Å². The second-order valence-electron chi connectivity index (χ2n) is 6.64. The molecule has 0 spiro atoms. The summed E-state index contributed by atoms with van der Waals surface area (Å²) in [5, 5.41) is 3.54. The number of nitrogens with zero attached hydrogens (tertiary/aromatic N) is 2. The molecule has 1 aliphatic heterocycles. The molecule has 1 aromatic rings. The number of pyridine rings is 1. The Hall–Kier alpha value is -0.930. The maximum Gasteiger partial charge on any atom is 0.0488 e. The van der Waals surface area contributed by atoms with Gasteiger partial charge in [-0.05, 0) is 36.3 Å². The molecule has 110 valence electrons. The first-order valence-electron chi connectivity index (χ1n) is 8.17. The quantitative estimate of drug-likeness (QED) is 0.918. The molecular formula is C17H27N3. The van der Waals surface area contributed by atoms with Gasteiger partial charge in [-0.25, -0.2) is 0 Å². The zero-order valence-corrected chi connectivity index (χ0v) is 12.6. The van der Waals surface area contributed by atoms with Crippen LogP contribution in [0.1, 0.15) is 44.2 Å². The van der Waals surface area contributed by atoms with Crippen molar-refractivity contribution in [1.29, 1.82) is 0 Å². The van der Waals surface area contributed by atoms with Crippen LogP contribution in [0.5, 0.6) is 0 Å². The molecule has 3 atom stereocenters. The van der Waals surface area contributed by atoms with Gasteiger partial charge in [0.25, 0.3) is 0 Å². The molecule has 0 bridgehead atoms. The molecule has 3 unspecified atom stereocenters. The maximum absolute atomic E-state index is 4.30. The van der Waals surface area contributed by atoms with E-state index in [1.807, 2.05) is 12.4 Å². The molecule has 3 nitrogen and oxygen atoms in total. The molecule has 3 heteroatoms. The van der Waals surface area contributed by atoms with Crippen molar-refractivity contribution in [3.8, 4) is 0 Å². The first kappa shape index (κ1) is 14.0. The molecule has 3 rings (SSSR count). The normalized spacial score (nSPS) is 32.1. The van der Waals surface area contributed by atoms with Crippen molar-refractivity contribution >= 4 is 0 Å². The third kappa shape index (κ3) is 3.39. The summed E-state index contributed by atoms with van der Waals surface area (Å²) in [6.07, 6.45) is 9.61. The van der Waals surface area contributed by atoms with Gasteiger partial charge in [-0.1, -0.05) is 25.8 Å². The van der Waals surface area contributed by atoms with Gasteiger partial charge in [-0.2, -0.15) is 0 Å². The number of rotatable bonds is 3. The molecule has 1 N–H and O–H groups in total. The van der Waals surface area contributed by atoms with E-state index in [0.29, 0.717) is 6.04 Å².